The predicted molar refractivity (Wildman–Crippen MR) is 88.5 cm³/mol. The Bertz CT molecular complexity index is 490. The Balaban J connectivity index is 2.15. The van der Waals surface area contributed by atoms with E-state index in [1.807, 2.05) is 34.9 Å². The monoisotopic (exact) mass is 359 g/mol. The molecule has 2 rings (SSSR count). The van der Waals surface area contributed by atoms with Crippen LogP contribution in [0.3, 0.4) is 0 Å². The Labute approximate surface area is 132 Å². The lowest BCUT2D eigenvalue weighted by Gasteiger charge is -2.23. The summed E-state index contributed by atoms with van der Waals surface area (Å²) in [6.45, 7) is 6.13. The molecule has 0 N–H and O–H groups in total. The number of amides is 1. The molecule has 0 aliphatic carbocycles. The molecule has 1 amide bonds. The maximum absolute atomic E-state index is 12.5. The minimum Gasteiger partial charge on any atom is -0.338 e. The van der Waals surface area contributed by atoms with Crippen molar-refractivity contribution in [3.8, 4) is 0 Å². The molecule has 0 atom stereocenters. The van der Waals surface area contributed by atoms with Crippen LogP contribution in [0.2, 0.25) is 0 Å². The van der Waals surface area contributed by atoms with E-state index in [-0.39, 0.29) is 10.7 Å². The Hall–Kier alpha value is -0.130. The van der Waals surface area contributed by atoms with Crippen LogP contribution in [0, 0.1) is 0 Å². The van der Waals surface area contributed by atoms with Gasteiger partial charge in [-0.2, -0.15) is 11.8 Å². The highest BCUT2D eigenvalue weighted by molar-refractivity contribution is 9.10. The van der Waals surface area contributed by atoms with Crippen LogP contribution in [0.5, 0.6) is 0 Å². The van der Waals surface area contributed by atoms with Crippen molar-refractivity contribution < 1.29 is 4.79 Å². The van der Waals surface area contributed by atoms with Crippen LogP contribution in [0.25, 0.3) is 0 Å². The number of rotatable bonds is 1. The molecule has 0 unspecified atom stereocenters. The third kappa shape index (κ3) is 3.92. The number of benzene rings is 1. The molecule has 0 spiro atoms. The van der Waals surface area contributed by atoms with E-state index in [4.69, 9.17) is 0 Å². The van der Waals surface area contributed by atoms with E-state index in [1.54, 1.807) is 0 Å². The zero-order valence-corrected chi connectivity index (χ0v) is 14.4. The molecule has 1 saturated heterocycles. The molecule has 2 nitrogen and oxygen atoms in total. The Morgan fingerprint density at radius 2 is 2.16 bits per heavy atom. The highest BCUT2D eigenvalue weighted by Crippen LogP contribution is 2.31. The molecule has 0 radical (unpaired) electrons. The van der Waals surface area contributed by atoms with Gasteiger partial charge < -0.3 is 4.90 Å². The summed E-state index contributed by atoms with van der Waals surface area (Å²) in [6.07, 6.45) is 1.03. The lowest BCUT2D eigenvalue weighted by molar-refractivity contribution is 0.0761. The Morgan fingerprint density at radius 3 is 2.84 bits per heavy atom. The van der Waals surface area contributed by atoms with Crippen molar-refractivity contribution in [3.63, 3.8) is 0 Å². The van der Waals surface area contributed by atoms with Gasteiger partial charge in [-0.3, -0.25) is 4.79 Å². The smallest absolute Gasteiger partial charge is 0.255 e. The molecule has 1 aliphatic heterocycles. The summed E-state index contributed by atoms with van der Waals surface area (Å²) < 4.78 is 1.21. The molecule has 1 aromatic carbocycles. The molecule has 1 aliphatic rings. The fraction of sp³-hybridized carbons (Fsp3) is 0.500. The first-order valence-corrected chi connectivity index (χ1v) is 8.53. The lowest BCUT2D eigenvalue weighted by Crippen LogP contribution is -2.33. The summed E-state index contributed by atoms with van der Waals surface area (Å²) in [7, 11) is 0. The van der Waals surface area contributed by atoms with E-state index in [1.165, 1.54) is 0 Å². The standard InChI is InChI=1S/C14H18BrNOS2/c1-14(2)5-6-16(7-8-19-14)13(17)11-4-3-10(15)9-12(11)18/h3-4,9,18H,5-8H2,1-2H3. The normalized spacial score (nSPS) is 19.1. The van der Waals surface area contributed by atoms with Crippen molar-refractivity contribution in [1.29, 1.82) is 0 Å². The predicted octanol–water partition coefficient (Wildman–Crippen LogP) is 4.10. The average molecular weight is 360 g/mol. The van der Waals surface area contributed by atoms with Crippen LogP contribution in [-0.2, 0) is 0 Å². The molecule has 0 bridgehead atoms. The number of carbonyl (C=O) groups excluding carboxylic acids is 1. The number of hydrogen-bond donors (Lipinski definition) is 1. The zero-order valence-electron chi connectivity index (χ0n) is 11.1. The largest absolute Gasteiger partial charge is 0.338 e. The summed E-state index contributed by atoms with van der Waals surface area (Å²) in [5.74, 6) is 1.09. The first-order chi connectivity index (χ1) is 8.89. The fourth-order valence-electron chi connectivity index (χ4n) is 2.08. The van der Waals surface area contributed by atoms with Crippen molar-refractivity contribution in [2.75, 3.05) is 18.8 Å². The Morgan fingerprint density at radius 1 is 1.42 bits per heavy atom. The quantitative estimate of drug-likeness (QED) is 0.761. The van der Waals surface area contributed by atoms with Crippen LogP contribution in [-0.4, -0.2) is 34.4 Å². The van der Waals surface area contributed by atoms with Crippen LogP contribution >= 0.6 is 40.3 Å². The van der Waals surface area contributed by atoms with Crippen LogP contribution in [0.1, 0.15) is 30.6 Å². The van der Waals surface area contributed by atoms with E-state index in [0.29, 0.717) is 5.56 Å². The van der Waals surface area contributed by atoms with Gasteiger partial charge in [0, 0.05) is 33.0 Å². The van der Waals surface area contributed by atoms with Gasteiger partial charge in [0.2, 0.25) is 0 Å². The molecule has 19 heavy (non-hydrogen) atoms. The van der Waals surface area contributed by atoms with Gasteiger partial charge in [0.05, 0.1) is 5.56 Å². The molecule has 1 aromatic rings. The molecule has 1 fully saturated rings. The average Bonchev–Trinajstić information content (AvgIpc) is 2.49. The number of thioether (sulfide) groups is 1. The summed E-state index contributed by atoms with van der Waals surface area (Å²) in [6, 6.07) is 5.61. The van der Waals surface area contributed by atoms with E-state index >= 15 is 0 Å². The van der Waals surface area contributed by atoms with Crippen molar-refractivity contribution in [2.45, 2.75) is 29.9 Å². The first kappa shape index (κ1) is 15.3. The van der Waals surface area contributed by atoms with Gasteiger partial charge in [-0.15, -0.1) is 12.6 Å². The van der Waals surface area contributed by atoms with Crippen molar-refractivity contribution in [1.82, 2.24) is 4.90 Å². The van der Waals surface area contributed by atoms with Gasteiger partial charge >= 0.3 is 0 Å². The van der Waals surface area contributed by atoms with E-state index in [0.717, 1.165) is 34.6 Å². The molecular formula is C14H18BrNOS2. The van der Waals surface area contributed by atoms with Crippen LogP contribution in [0.4, 0.5) is 0 Å². The molecule has 0 saturated carbocycles. The van der Waals surface area contributed by atoms with E-state index in [9.17, 15) is 4.79 Å². The van der Waals surface area contributed by atoms with Gasteiger partial charge in [-0.25, -0.2) is 0 Å². The number of hydrogen-bond acceptors (Lipinski definition) is 3. The second kappa shape index (κ2) is 6.10. The SMILES string of the molecule is CC1(C)CCN(C(=O)c2ccc(Br)cc2S)CCS1. The first-order valence-electron chi connectivity index (χ1n) is 6.31. The van der Waals surface area contributed by atoms with Crippen LogP contribution < -0.4 is 0 Å². The van der Waals surface area contributed by atoms with Gasteiger partial charge in [-0.05, 0) is 24.6 Å². The van der Waals surface area contributed by atoms with Gasteiger partial charge in [0.15, 0.2) is 0 Å². The number of thiol groups is 1. The fourth-order valence-corrected chi connectivity index (χ4v) is 4.03. The minimum absolute atomic E-state index is 0.0933. The maximum Gasteiger partial charge on any atom is 0.255 e. The van der Waals surface area contributed by atoms with Crippen molar-refractivity contribution in [3.05, 3.63) is 28.2 Å². The summed E-state index contributed by atoms with van der Waals surface area (Å²) in [5, 5.41) is 0. The maximum atomic E-state index is 12.5. The molecule has 0 aromatic heterocycles. The second-order valence-corrected chi connectivity index (χ2v) is 8.51. The highest BCUT2D eigenvalue weighted by Gasteiger charge is 2.27. The molecule has 1 heterocycles. The number of halogens is 1. The van der Waals surface area contributed by atoms with Gasteiger partial charge in [0.25, 0.3) is 5.91 Å². The molecule has 5 heteroatoms. The van der Waals surface area contributed by atoms with Crippen molar-refractivity contribution in [2.24, 2.45) is 0 Å². The third-order valence-electron chi connectivity index (χ3n) is 3.32. The molecule has 104 valence electrons. The topological polar surface area (TPSA) is 20.3 Å². The third-order valence-corrected chi connectivity index (χ3v) is 5.55. The Kier molecular flexibility index (Phi) is 4.90. The summed E-state index contributed by atoms with van der Waals surface area (Å²) in [5.41, 5.74) is 0.691. The van der Waals surface area contributed by atoms with Crippen molar-refractivity contribution >= 4 is 46.2 Å². The lowest BCUT2D eigenvalue weighted by atomic mass is 10.1. The number of carbonyl (C=O) groups is 1. The summed E-state index contributed by atoms with van der Waals surface area (Å²) >= 11 is 9.74. The minimum atomic E-state index is 0.0933. The molecular weight excluding hydrogens is 342 g/mol. The second-order valence-electron chi connectivity index (χ2n) is 5.31. The van der Waals surface area contributed by atoms with Crippen LogP contribution in [0.15, 0.2) is 27.6 Å². The zero-order chi connectivity index (χ0) is 14.0. The summed E-state index contributed by atoms with van der Waals surface area (Å²) in [4.78, 5) is 15.2. The van der Waals surface area contributed by atoms with Gasteiger partial charge in [-0.1, -0.05) is 29.8 Å². The van der Waals surface area contributed by atoms with E-state index < -0.39 is 0 Å². The van der Waals surface area contributed by atoms with E-state index in [2.05, 4.69) is 42.4 Å². The van der Waals surface area contributed by atoms with Gasteiger partial charge in [0.1, 0.15) is 0 Å². The highest BCUT2D eigenvalue weighted by atomic mass is 79.9. The number of nitrogens with zero attached hydrogens (tertiary/aromatic N) is 1.